The highest BCUT2D eigenvalue weighted by Gasteiger charge is 2.44. The molecular weight excluding hydrogens is 320 g/mol. The van der Waals surface area contributed by atoms with Gasteiger partial charge in [0.25, 0.3) is 0 Å². The monoisotopic (exact) mass is 354 g/mol. The molecular formula is C17H34O2Si3. The lowest BCUT2D eigenvalue weighted by Crippen LogP contribution is -2.61. The molecule has 0 atom stereocenters. The molecule has 0 saturated carbocycles. The molecule has 1 aromatic carbocycles. The lowest BCUT2D eigenvalue weighted by molar-refractivity contribution is 0.396. The van der Waals surface area contributed by atoms with Crippen molar-refractivity contribution in [3.63, 3.8) is 0 Å². The smallest absolute Gasteiger partial charge is 0.348 e. The first kappa shape index (κ1) is 19.8. The van der Waals surface area contributed by atoms with Crippen LogP contribution in [0.5, 0.6) is 0 Å². The molecule has 0 N–H and O–H groups in total. The molecule has 0 saturated heterocycles. The number of rotatable bonds is 9. The Morgan fingerprint density at radius 2 is 1.14 bits per heavy atom. The fourth-order valence-electron chi connectivity index (χ4n) is 3.24. The Bertz CT molecular complexity index is 426. The van der Waals surface area contributed by atoms with Gasteiger partial charge in [0.1, 0.15) is 0 Å². The Labute approximate surface area is 140 Å². The Hall–Kier alpha value is -0.209. The quantitative estimate of drug-likeness (QED) is 0.565. The van der Waals surface area contributed by atoms with Gasteiger partial charge in [-0.05, 0) is 50.0 Å². The molecule has 0 unspecified atom stereocenters. The van der Waals surface area contributed by atoms with Gasteiger partial charge in [-0.1, -0.05) is 57.0 Å². The predicted molar refractivity (Wildman–Crippen MR) is 105 cm³/mol. The highest BCUT2D eigenvalue weighted by Crippen LogP contribution is 2.26. The second kappa shape index (κ2) is 8.06. The zero-order chi connectivity index (χ0) is 16.9. The second-order valence-corrected chi connectivity index (χ2v) is 19.7. The lowest BCUT2D eigenvalue weighted by Gasteiger charge is -2.41. The third-order valence-electron chi connectivity index (χ3n) is 3.94. The van der Waals surface area contributed by atoms with Crippen molar-refractivity contribution in [2.75, 3.05) is 0 Å². The van der Waals surface area contributed by atoms with Gasteiger partial charge in [0.15, 0.2) is 16.6 Å². The molecule has 0 radical (unpaired) electrons. The van der Waals surface area contributed by atoms with Crippen molar-refractivity contribution in [2.24, 2.45) is 0 Å². The van der Waals surface area contributed by atoms with Gasteiger partial charge < -0.3 is 8.23 Å². The van der Waals surface area contributed by atoms with Gasteiger partial charge in [-0.15, -0.1) is 0 Å². The van der Waals surface area contributed by atoms with Crippen LogP contribution in [0.4, 0.5) is 0 Å². The molecule has 0 aliphatic carbocycles. The Kier molecular flexibility index (Phi) is 7.26. The highest BCUT2D eigenvalue weighted by molar-refractivity contribution is 6.94. The SMILES string of the molecule is CCC[Si](C)(C)O[Si](C)(O[Si](C)(C)CCC)c1ccccc1. The van der Waals surface area contributed by atoms with Gasteiger partial charge in [0.05, 0.1) is 0 Å². The summed E-state index contributed by atoms with van der Waals surface area (Å²) in [5.74, 6) is 0. The van der Waals surface area contributed by atoms with Crippen molar-refractivity contribution >= 4 is 30.4 Å². The summed E-state index contributed by atoms with van der Waals surface area (Å²) < 4.78 is 13.6. The van der Waals surface area contributed by atoms with Crippen LogP contribution in [0.3, 0.4) is 0 Å². The van der Waals surface area contributed by atoms with Crippen LogP contribution in [-0.4, -0.2) is 25.2 Å². The van der Waals surface area contributed by atoms with Crippen LogP contribution in [-0.2, 0) is 8.23 Å². The summed E-state index contributed by atoms with van der Waals surface area (Å²) in [6.45, 7) is 16.1. The minimum atomic E-state index is -2.35. The average molecular weight is 355 g/mol. The third kappa shape index (κ3) is 6.12. The van der Waals surface area contributed by atoms with Crippen LogP contribution in [0.25, 0.3) is 0 Å². The summed E-state index contributed by atoms with van der Waals surface area (Å²) in [5.41, 5.74) is 0. The maximum Gasteiger partial charge on any atom is 0.348 e. The maximum atomic E-state index is 6.82. The van der Waals surface area contributed by atoms with Crippen molar-refractivity contribution in [2.45, 2.75) is 71.5 Å². The van der Waals surface area contributed by atoms with E-state index in [0.717, 1.165) is 0 Å². The van der Waals surface area contributed by atoms with E-state index in [1.807, 2.05) is 0 Å². The largest absolute Gasteiger partial charge is 0.433 e. The van der Waals surface area contributed by atoms with Gasteiger partial charge in [-0.2, -0.15) is 0 Å². The first-order valence-electron chi connectivity index (χ1n) is 8.60. The first-order chi connectivity index (χ1) is 10.1. The molecule has 0 aromatic heterocycles. The third-order valence-corrected chi connectivity index (χ3v) is 16.3. The molecule has 2 nitrogen and oxygen atoms in total. The van der Waals surface area contributed by atoms with E-state index in [1.54, 1.807) is 0 Å². The Balaban J connectivity index is 3.10. The highest BCUT2D eigenvalue weighted by atomic mass is 28.5. The summed E-state index contributed by atoms with van der Waals surface area (Å²) in [7, 11) is -5.72. The van der Waals surface area contributed by atoms with Crippen LogP contribution in [0.15, 0.2) is 30.3 Å². The minimum Gasteiger partial charge on any atom is -0.433 e. The summed E-state index contributed by atoms with van der Waals surface area (Å²) in [4.78, 5) is 0. The van der Waals surface area contributed by atoms with E-state index in [2.05, 4.69) is 76.9 Å². The summed E-state index contributed by atoms with van der Waals surface area (Å²) in [6.07, 6.45) is 2.38. The standard InChI is InChI=1S/C17H34O2Si3/c1-8-15-20(3,4)18-22(7,17-13-11-10-12-14-17)19-21(5,6)16-9-2/h10-14H,8-9,15-16H2,1-7H3. The van der Waals surface area contributed by atoms with Crippen LogP contribution in [0.1, 0.15) is 26.7 Å². The zero-order valence-electron chi connectivity index (χ0n) is 15.5. The summed E-state index contributed by atoms with van der Waals surface area (Å²) in [5, 5.41) is 1.28. The van der Waals surface area contributed by atoms with E-state index < -0.39 is 25.2 Å². The van der Waals surface area contributed by atoms with E-state index in [1.165, 1.54) is 30.1 Å². The van der Waals surface area contributed by atoms with Crippen LogP contribution in [0.2, 0.25) is 44.8 Å². The van der Waals surface area contributed by atoms with Gasteiger partial charge in [0.2, 0.25) is 0 Å². The van der Waals surface area contributed by atoms with E-state index in [-0.39, 0.29) is 0 Å². The van der Waals surface area contributed by atoms with Gasteiger partial charge >= 0.3 is 8.56 Å². The van der Waals surface area contributed by atoms with Crippen LogP contribution in [0, 0.1) is 0 Å². The molecule has 22 heavy (non-hydrogen) atoms. The van der Waals surface area contributed by atoms with Crippen molar-refractivity contribution in [1.82, 2.24) is 0 Å². The summed E-state index contributed by atoms with van der Waals surface area (Å²) >= 11 is 0. The van der Waals surface area contributed by atoms with Crippen molar-refractivity contribution in [3.8, 4) is 0 Å². The van der Waals surface area contributed by atoms with E-state index in [4.69, 9.17) is 8.23 Å². The second-order valence-electron chi connectivity index (χ2n) is 7.54. The van der Waals surface area contributed by atoms with Crippen molar-refractivity contribution in [3.05, 3.63) is 30.3 Å². The summed E-state index contributed by atoms with van der Waals surface area (Å²) in [6, 6.07) is 13.1. The fraction of sp³-hybridized carbons (Fsp3) is 0.647. The molecule has 0 aliphatic rings. The molecule has 0 amide bonds. The maximum absolute atomic E-state index is 6.82. The molecule has 0 heterocycles. The number of hydrogen-bond donors (Lipinski definition) is 0. The molecule has 0 spiro atoms. The molecule has 126 valence electrons. The van der Waals surface area contributed by atoms with E-state index >= 15 is 0 Å². The van der Waals surface area contributed by atoms with Crippen LogP contribution >= 0.6 is 0 Å². The average Bonchev–Trinajstić information content (AvgIpc) is 2.37. The van der Waals surface area contributed by atoms with Gasteiger partial charge in [-0.3, -0.25) is 0 Å². The van der Waals surface area contributed by atoms with Crippen LogP contribution < -0.4 is 5.19 Å². The fourth-order valence-corrected chi connectivity index (χ4v) is 17.2. The Morgan fingerprint density at radius 1 is 0.727 bits per heavy atom. The number of hydrogen-bond acceptors (Lipinski definition) is 2. The van der Waals surface area contributed by atoms with Crippen molar-refractivity contribution < 1.29 is 8.23 Å². The molecule has 1 rings (SSSR count). The molecule has 0 bridgehead atoms. The normalized spacial score (nSPS) is 13.4. The van der Waals surface area contributed by atoms with E-state index in [0.29, 0.717) is 0 Å². The first-order valence-corrected chi connectivity index (χ1v) is 17.1. The number of benzene rings is 1. The molecule has 0 fully saturated rings. The Morgan fingerprint density at radius 3 is 1.50 bits per heavy atom. The molecule has 0 aliphatic heterocycles. The van der Waals surface area contributed by atoms with Crippen molar-refractivity contribution in [1.29, 1.82) is 0 Å². The van der Waals surface area contributed by atoms with Gasteiger partial charge in [-0.25, -0.2) is 0 Å². The minimum absolute atomic E-state index is 1.19. The molecule has 5 heteroatoms. The predicted octanol–water partition coefficient (Wildman–Crippen LogP) is 5.23. The molecule has 1 aromatic rings. The topological polar surface area (TPSA) is 18.5 Å². The van der Waals surface area contributed by atoms with E-state index in [9.17, 15) is 0 Å². The zero-order valence-corrected chi connectivity index (χ0v) is 18.5. The lowest BCUT2D eigenvalue weighted by atomic mass is 10.4. The van der Waals surface area contributed by atoms with Gasteiger partial charge in [0, 0.05) is 0 Å².